The van der Waals surface area contributed by atoms with Crippen molar-refractivity contribution in [2.75, 3.05) is 7.11 Å². The van der Waals surface area contributed by atoms with Crippen LogP contribution in [0.5, 0.6) is 0 Å². The quantitative estimate of drug-likeness (QED) is 0.804. The van der Waals surface area contributed by atoms with Gasteiger partial charge in [-0.2, -0.15) is 0 Å². The summed E-state index contributed by atoms with van der Waals surface area (Å²) >= 11 is 1.31. The molecule has 0 saturated heterocycles. The number of methoxy groups -OCH3 is 1. The zero-order chi connectivity index (χ0) is 13.6. The number of thiazole rings is 1. The van der Waals surface area contributed by atoms with Crippen LogP contribution in [0.3, 0.4) is 0 Å². The molecule has 2 aromatic heterocycles. The largest absolute Gasteiger partial charge is 0.465 e. The number of carbonyl (C=O) groups is 1. The number of ether oxygens (including phenoxy) is 1. The summed E-state index contributed by atoms with van der Waals surface area (Å²) in [6, 6.07) is 3.94. The fourth-order valence-corrected chi connectivity index (χ4v) is 3.12. The molecule has 1 saturated carbocycles. The minimum atomic E-state index is -0.344. The predicted molar refractivity (Wildman–Crippen MR) is 72.4 cm³/mol. The Morgan fingerprint density at radius 3 is 2.89 bits per heavy atom. The van der Waals surface area contributed by atoms with Crippen LogP contribution in [0.4, 0.5) is 0 Å². The summed E-state index contributed by atoms with van der Waals surface area (Å²) in [5.41, 5.74) is 0.685. The predicted octanol–water partition coefficient (Wildman–Crippen LogP) is 3.62. The normalized spacial score (nSPS) is 21.4. The number of carbonyl (C=O) groups excluding carboxylic acids is 1. The van der Waals surface area contributed by atoms with Crippen molar-refractivity contribution in [3.05, 3.63) is 28.5 Å². The lowest BCUT2D eigenvalue weighted by atomic mass is 10.3. The Balaban J connectivity index is 1.90. The summed E-state index contributed by atoms with van der Waals surface area (Å²) in [4.78, 5) is 16.5. The Morgan fingerprint density at radius 2 is 2.26 bits per heavy atom. The highest BCUT2D eigenvalue weighted by Crippen LogP contribution is 2.48. The molecule has 5 heteroatoms. The van der Waals surface area contributed by atoms with Gasteiger partial charge in [-0.3, -0.25) is 0 Å². The molecular formula is C14H15NO3S. The van der Waals surface area contributed by atoms with E-state index < -0.39 is 0 Å². The van der Waals surface area contributed by atoms with Crippen LogP contribution in [0, 0.1) is 12.8 Å². The van der Waals surface area contributed by atoms with Gasteiger partial charge in [0.25, 0.3) is 0 Å². The van der Waals surface area contributed by atoms with E-state index in [4.69, 9.17) is 9.15 Å². The van der Waals surface area contributed by atoms with Crippen molar-refractivity contribution < 1.29 is 13.9 Å². The van der Waals surface area contributed by atoms with Crippen LogP contribution in [-0.2, 0) is 4.74 Å². The third kappa shape index (κ3) is 2.18. The second kappa shape index (κ2) is 4.49. The average molecular weight is 277 g/mol. The van der Waals surface area contributed by atoms with Crippen LogP contribution < -0.4 is 0 Å². The number of hydrogen-bond donors (Lipinski definition) is 0. The first-order chi connectivity index (χ1) is 9.10. The maximum atomic E-state index is 11.6. The minimum Gasteiger partial charge on any atom is -0.465 e. The topological polar surface area (TPSA) is 52.3 Å². The zero-order valence-corrected chi connectivity index (χ0v) is 11.9. The van der Waals surface area contributed by atoms with Crippen molar-refractivity contribution in [2.24, 2.45) is 5.92 Å². The van der Waals surface area contributed by atoms with E-state index in [9.17, 15) is 4.79 Å². The van der Waals surface area contributed by atoms with Crippen molar-refractivity contribution in [2.45, 2.75) is 26.2 Å². The minimum absolute atomic E-state index is 0.344. The molecule has 2 heterocycles. The molecule has 1 fully saturated rings. The molecule has 1 aliphatic carbocycles. The van der Waals surface area contributed by atoms with Gasteiger partial charge in [-0.1, -0.05) is 6.92 Å². The number of esters is 1. The number of nitrogens with zero attached hydrogens (tertiary/aromatic N) is 1. The second-order valence-corrected chi connectivity index (χ2v) is 5.95. The summed E-state index contributed by atoms with van der Waals surface area (Å²) in [5, 5.41) is 0.734. The van der Waals surface area contributed by atoms with Crippen molar-refractivity contribution >= 4 is 17.3 Å². The van der Waals surface area contributed by atoms with Crippen LogP contribution in [0.25, 0.3) is 10.8 Å². The third-order valence-corrected chi connectivity index (χ3v) is 4.63. The Morgan fingerprint density at radius 1 is 1.53 bits per heavy atom. The van der Waals surface area contributed by atoms with E-state index in [1.807, 2.05) is 12.1 Å². The van der Waals surface area contributed by atoms with E-state index >= 15 is 0 Å². The number of aryl methyl sites for hydroxylation is 1. The van der Waals surface area contributed by atoms with Gasteiger partial charge in [0.2, 0.25) is 0 Å². The van der Waals surface area contributed by atoms with Crippen molar-refractivity contribution in [3.63, 3.8) is 0 Å². The first-order valence-corrected chi connectivity index (χ1v) is 7.07. The summed E-state index contributed by atoms with van der Waals surface area (Å²) in [6.45, 7) is 4.02. The maximum absolute atomic E-state index is 11.6. The van der Waals surface area contributed by atoms with Crippen LogP contribution >= 0.6 is 11.3 Å². The van der Waals surface area contributed by atoms with Crippen LogP contribution in [0.2, 0.25) is 0 Å². The molecule has 4 nitrogen and oxygen atoms in total. The lowest BCUT2D eigenvalue weighted by Gasteiger charge is -1.93. The fraction of sp³-hybridized carbons (Fsp3) is 0.429. The summed E-state index contributed by atoms with van der Waals surface area (Å²) < 4.78 is 10.6. The molecule has 0 spiro atoms. The van der Waals surface area contributed by atoms with Crippen LogP contribution in [-0.4, -0.2) is 18.1 Å². The second-order valence-electron chi connectivity index (χ2n) is 4.95. The Labute approximate surface area is 115 Å². The maximum Gasteiger partial charge on any atom is 0.349 e. The first kappa shape index (κ1) is 12.4. The molecule has 2 unspecified atom stereocenters. The number of aromatic nitrogens is 1. The number of hydrogen-bond acceptors (Lipinski definition) is 5. The van der Waals surface area contributed by atoms with Gasteiger partial charge in [0.1, 0.15) is 10.6 Å². The Bertz CT molecular complexity index is 628. The molecular weight excluding hydrogens is 262 g/mol. The van der Waals surface area contributed by atoms with E-state index in [2.05, 4.69) is 11.9 Å². The molecule has 3 rings (SSSR count). The van der Waals surface area contributed by atoms with E-state index in [-0.39, 0.29) is 5.97 Å². The van der Waals surface area contributed by atoms with Crippen molar-refractivity contribution in [1.82, 2.24) is 4.98 Å². The van der Waals surface area contributed by atoms with Gasteiger partial charge in [-0.05, 0) is 31.4 Å². The highest BCUT2D eigenvalue weighted by Gasteiger charge is 2.36. The van der Waals surface area contributed by atoms with E-state index in [0.717, 1.165) is 16.5 Å². The summed E-state index contributed by atoms with van der Waals surface area (Å²) in [5.74, 6) is 2.67. The molecule has 100 valence electrons. The molecule has 0 amide bonds. The molecule has 0 aliphatic heterocycles. The highest BCUT2D eigenvalue weighted by molar-refractivity contribution is 7.17. The molecule has 0 bridgehead atoms. The van der Waals surface area contributed by atoms with Gasteiger partial charge in [-0.15, -0.1) is 11.3 Å². The van der Waals surface area contributed by atoms with Gasteiger partial charge in [0.15, 0.2) is 10.8 Å². The fourth-order valence-electron chi connectivity index (χ4n) is 2.17. The van der Waals surface area contributed by atoms with Gasteiger partial charge in [0.05, 0.1) is 12.8 Å². The monoisotopic (exact) mass is 277 g/mol. The SMILES string of the molecule is COC(=O)c1sc(-c2ccc(C3CC3C)o2)nc1C. The van der Waals surface area contributed by atoms with Gasteiger partial charge in [-0.25, -0.2) is 9.78 Å². The highest BCUT2D eigenvalue weighted by atomic mass is 32.1. The van der Waals surface area contributed by atoms with E-state index in [1.165, 1.54) is 24.9 Å². The smallest absolute Gasteiger partial charge is 0.349 e. The van der Waals surface area contributed by atoms with Crippen molar-refractivity contribution in [3.8, 4) is 10.8 Å². The molecule has 2 aromatic rings. The number of rotatable bonds is 3. The Hall–Kier alpha value is -1.62. The summed E-state index contributed by atoms with van der Waals surface area (Å²) in [6.07, 6.45) is 1.19. The van der Waals surface area contributed by atoms with Crippen molar-refractivity contribution in [1.29, 1.82) is 0 Å². The lowest BCUT2D eigenvalue weighted by Crippen LogP contribution is -1.99. The standard InChI is InChI=1S/C14H15NO3S/c1-7-6-9(7)10-4-5-11(18-10)13-15-8(2)12(19-13)14(16)17-3/h4-5,7,9H,6H2,1-3H3. The zero-order valence-electron chi connectivity index (χ0n) is 11.1. The van der Waals surface area contributed by atoms with E-state index in [1.54, 1.807) is 6.92 Å². The Kier molecular flexibility index (Phi) is 2.93. The average Bonchev–Trinajstić information content (AvgIpc) is 2.83. The molecule has 0 N–H and O–H groups in total. The molecule has 19 heavy (non-hydrogen) atoms. The van der Waals surface area contributed by atoms with Gasteiger partial charge < -0.3 is 9.15 Å². The molecule has 2 atom stereocenters. The first-order valence-electron chi connectivity index (χ1n) is 6.26. The van der Waals surface area contributed by atoms with Gasteiger partial charge >= 0.3 is 5.97 Å². The molecule has 0 radical (unpaired) electrons. The van der Waals surface area contributed by atoms with Crippen LogP contribution in [0.15, 0.2) is 16.5 Å². The molecule has 1 aliphatic rings. The molecule has 0 aromatic carbocycles. The lowest BCUT2D eigenvalue weighted by molar-refractivity contribution is 0.0605. The third-order valence-electron chi connectivity index (χ3n) is 3.48. The summed E-state index contributed by atoms with van der Waals surface area (Å²) in [7, 11) is 1.38. The van der Waals surface area contributed by atoms with E-state index in [0.29, 0.717) is 22.4 Å². The number of furan rings is 1. The van der Waals surface area contributed by atoms with Crippen LogP contribution in [0.1, 0.15) is 40.4 Å². The van der Waals surface area contributed by atoms with Gasteiger partial charge in [0, 0.05) is 5.92 Å².